The Labute approximate surface area is 108 Å². The first-order chi connectivity index (χ1) is 8.60. The number of rotatable bonds is 6. The van der Waals surface area contributed by atoms with Crippen LogP contribution in [0.15, 0.2) is 18.3 Å². The molecule has 5 heteroatoms. The van der Waals surface area contributed by atoms with E-state index < -0.39 is 0 Å². The SMILES string of the molecule is CCN(CCCO)c1ccnc(C(=O)N(C)C)c1. The third kappa shape index (κ3) is 3.70. The Bertz CT molecular complexity index is 394. The van der Waals surface area contributed by atoms with Crippen molar-refractivity contribution in [2.24, 2.45) is 0 Å². The van der Waals surface area contributed by atoms with Gasteiger partial charge in [0.15, 0.2) is 0 Å². The Kier molecular flexibility index (Phi) is 5.58. The number of hydrogen-bond acceptors (Lipinski definition) is 4. The van der Waals surface area contributed by atoms with Crippen molar-refractivity contribution in [1.82, 2.24) is 9.88 Å². The molecule has 0 aliphatic carbocycles. The number of anilines is 1. The maximum atomic E-state index is 11.8. The zero-order valence-corrected chi connectivity index (χ0v) is 11.3. The number of pyridine rings is 1. The average Bonchev–Trinajstić information content (AvgIpc) is 2.39. The van der Waals surface area contributed by atoms with Crippen molar-refractivity contribution in [1.29, 1.82) is 0 Å². The molecule has 1 aromatic rings. The summed E-state index contributed by atoms with van der Waals surface area (Å²) in [4.78, 5) is 19.5. The van der Waals surface area contributed by atoms with Crippen LogP contribution in [0.3, 0.4) is 0 Å². The highest BCUT2D eigenvalue weighted by Gasteiger charge is 2.12. The normalized spacial score (nSPS) is 10.2. The van der Waals surface area contributed by atoms with Crippen molar-refractivity contribution >= 4 is 11.6 Å². The van der Waals surface area contributed by atoms with Crippen molar-refractivity contribution in [3.05, 3.63) is 24.0 Å². The van der Waals surface area contributed by atoms with E-state index in [4.69, 9.17) is 5.11 Å². The molecule has 0 aliphatic rings. The standard InChI is InChI=1S/C13H21N3O2/c1-4-16(8-5-9-17)11-6-7-14-12(10-11)13(18)15(2)3/h6-7,10,17H,4-5,8-9H2,1-3H3. The average molecular weight is 251 g/mol. The highest BCUT2D eigenvalue weighted by atomic mass is 16.3. The number of carbonyl (C=O) groups is 1. The summed E-state index contributed by atoms with van der Waals surface area (Å²) in [6.07, 6.45) is 2.36. The molecule has 1 rings (SSSR count). The van der Waals surface area contributed by atoms with Crippen LogP contribution in [0.25, 0.3) is 0 Å². The quantitative estimate of drug-likeness (QED) is 0.819. The van der Waals surface area contributed by atoms with E-state index in [0.717, 1.165) is 18.8 Å². The number of aliphatic hydroxyl groups is 1. The third-order valence-corrected chi connectivity index (χ3v) is 2.70. The van der Waals surface area contributed by atoms with E-state index >= 15 is 0 Å². The molecule has 0 bridgehead atoms. The van der Waals surface area contributed by atoms with Crippen LogP contribution in [0, 0.1) is 0 Å². The second-order valence-corrected chi connectivity index (χ2v) is 4.26. The molecule has 1 heterocycles. The van der Waals surface area contributed by atoms with Gasteiger partial charge in [-0.15, -0.1) is 0 Å². The van der Waals surface area contributed by atoms with Crippen LogP contribution < -0.4 is 4.90 Å². The lowest BCUT2D eigenvalue weighted by Gasteiger charge is -2.23. The van der Waals surface area contributed by atoms with Gasteiger partial charge in [-0.2, -0.15) is 0 Å². The van der Waals surface area contributed by atoms with Gasteiger partial charge in [-0.25, -0.2) is 0 Å². The maximum Gasteiger partial charge on any atom is 0.272 e. The fourth-order valence-electron chi connectivity index (χ4n) is 1.69. The maximum absolute atomic E-state index is 11.8. The van der Waals surface area contributed by atoms with Crippen LogP contribution in [0.2, 0.25) is 0 Å². The molecule has 0 saturated heterocycles. The van der Waals surface area contributed by atoms with E-state index in [0.29, 0.717) is 12.1 Å². The van der Waals surface area contributed by atoms with Crippen LogP contribution in [-0.4, -0.2) is 54.7 Å². The van der Waals surface area contributed by atoms with Gasteiger partial charge >= 0.3 is 0 Å². The lowest BCUT2D eigenvalue weighted by atomic mass is 10.2. The minimum Gasteiger partial charge on any atom is -0.396 e. The molecule has 0 spiro atoms. The second-order valence-electron chi connectivity index (χ2n) is 4.26. The molecule has 100 valence electrons. The summed E-state index contributed by atoms with van der Waals surface area (Å²) in [6, 6.07) is 3.68. The number of hydrogen-bond donors (Lipinski definition) is 1. The minimum atomic E-state index is -0.102. The molecule has 0 aromatic carbocycles. The van der Waals surface area contributed by atoms with Gasteiger partial charge in [-0.05, 0) is 25.5 Å². The van der Waals surface area contributed by atoms with Crippen LogP contribution in [0.5, 0.6) is 0 Å². The topological polar surface area (TPSA) is 56.7 Å². The summed E-state index contributed by atoms with van der Waals surface area (Å²) in [6.45, 7) is 3.82. The van der Waals surface area contributed by atoms with Gasteiger partial charge in [-0.3, -0.25) is 9.78 Å². The fourth-order valence-corrected chi connectivity index (χ4v) is 1.69. The summed E-state index contributed by atoms with van der Waals surface area (Å²) in [7, 11) is 3.42. The summed E-state index contributed by atoms with van der Waals surface area (Å²) in [5.41, 5.74) is 1.41. The highest BCUT2D eigenvalue weighted by Crippen LogP contribution is 2.15. The van der Waals surface area contributed by atoms with Crippen molar-refractivity contribution in [3.63, 3.8) is 0 Å². The van der Waals surface area contributed by atoms with Gasteiger partial charge in [0.1, 0.15) is 5.69 Å². The monoisotopic (exact) mass is 251 g/mol. The van der Waals surface area contributed by atoms with Gasteiger partial charge in [0.05, 0.1) is 0 Å². The Balaban J connectivity index is 2.89. The molecule has 0 unspecified atom stereocenters. The summed E-state index contributed by atoms with van der Waals surface area (Å²) in [5.74, 6) is -0.102. The third-order valence-electron chi connectivity index (χ3n) is 2.70. The fraction of sp³-hybridized carbons (Fsp3) is 0.538. The Morgan fingerprint density at radius 3 is 2.72 bits per heavy atom. The molecule has 0 saturated carbocycles. The molecule has 0 aliphatic heterocycles. The molecule has 0 fully saturated rings. The number of aromatic nitrogens is 1. The number of carbonyl (C=O) groups excluding carboxylic acids is 1. The van der Waals surface area contributed by atoms with Crippen LogP contribution >= 0.6 is 0 Å². The zero-order valence-electron chi connectivity index (χ0n) is 11.3. The molecule has 1 aromatic heterocycles. The Morgan fingerprint density at radius 1 is 1.44 bits per heavy atom. The molecule has 0 radical (unpaired) electrons. The first kappa shape index (κ1) is 14.4. The second kappa shape index (κ2) is 6.96. The van der Waals surface area contributed by atoms with E-state index in [9.17, 15) is 4.79 Å². The molecular weight excluding hydrogens is 230 g/mol. The molecule has 1 amide bonds. The van der Waals surface area contributed by atoms with Gasteiger partial charge in [0.25, 0.3) is 5.91 Å². The summed E-state index contributed by atoms with van der Waals surface area (Å²) < 4.78 is 0. The molecule has 5 nitrogen and oxygen atoms in total. The highest BCUT2D eigenvalue weighted by molar-refractivity contribution is 5.92. The smallest absolute Gasteiger partial charge is 0.272 e. The number of nitrogens with zero attached hydrogens (tertiary/aromatic N) is 3. The molecule has 1 N–H and O–H groups in total. The van der Waals surface area contributed by atoms with Gasteiger partial charge in [-0.1, -0.05) is 0 Å². The lowest BCUT2D eigenvalue weighted by molar-refractivity contribution is 0.0822. The van der Waals surface area contributed by atoms with Gasteiger partial charge in [0, 0.05) is 45.7 Å². The van der Waals surface area contributed by atoms with E-state index in [1.54, 1.807) is 26.4 Å². The van der Waals surface area contributed by atoms with Crippen molar-refractivity contribution < 1.29 is 9.90 Å². The minimum absolute atomic E-state index is 0.102. The van der Waals surface area contributed by atoms with Gasteiger partial charge < -0.3 is 14.9 Å². The predicted molar refractivity (Wildman–Crippen MR) is 71.8 cm³/mol. The number of amides is 1. The zero-order chi connectivity index (χ0) is 13.5. The van der Waals surface area contributed by atoms with Crippen LogP contribution in [0.1, 0.15) is 23.8 Å². The first-order valence-electron chi connectivity index (χ1n) is 6.13. The molecule has 0 atom stereocenters. The largest absolute Gasteiger partial charge is 0.396 e. The van der Waals surface area contributed by atoms with Crippen molar-refractivity contribution in [2.75, 3.05) is 38.7 Å². The van der Waals surface area contributed by atoms with Gasteiger partial charge in [0.2, 0.25) is 0 Å². The Hall–Kier alpha value is -1.62. The number of aliphatic hydroxyl groups excluding tert-OH is 1. The van der Waals surface area contributed by atoms with E-state index in [2.05, 4.69) is 9.88 Å². The predicted octanol–water partition coefficient (Wildman–Crippen LogP) is 0.992. The van der Waals surface area contributed by atoms with Crippen LogP contribution in [-0.2, 0) is 0 Å². The summed E-state index contributed by atoms with van der Waals surface area (Å²) >= 11 is 0. The van der Waals surface area contributed by atoms with E-state index in [-0.39, 0.29) is 12.5 Å². The van der Waals surface area contributed by atoms with Crippen LogP contribution in [0.4, 0.5) is 5.69 Å². The van der Waals surface area contributed by atoms with E-state index in [1.165, 1.54) is 4.90 Å². The van der Waals surface area contributed by atoms with E-state index in [1.807, 2.05) is 13.0 Å². The lowest BCUT2D eigenvalue weighted by Crippen LogP contribution is -2.26. The summed E-state index contributed by atoms with van der Waals surface area (Å²) in [5, 5.41) is 8.87. The molecular formula is C13H21N3O2. The molecule has 18 heavy (non-hydrogen) atoms. The Morgan fingerprint density at radius 2 is 2.17 bits per heavy atom. The van der Waals surface area contributed by atoms with Crippen molar-refractivity contribution in [2.45, 2.75) is 13.3 Å². The first-order valence-corrected chi connectivity index (χ1v) is 6.13. The van der Waals surface area contributed by atoms with Crippen molar-refractivity contribution in [3.8, 4) is 0 Å².